The average Bonchev–Trinajstić information content (AvgIpc) is 2.72. The van der Waals surface area contributed by atoms with Crippen molar-refractivity contribution in [3.8, 4) is 0 Å². The number of nitrogen functional groups attached to an aromatic ring is 1. The number of H-pyrrole nitrogens is 1. The van der Waals surface area contributed by atoms with Gasteiger partial charge in [0.2, 0.25) is 0 Å². The predicted octanol–water partition coefficient (Wildman–Crippen LogP) is 3.86. The number of aromatic amines is 1. The largest absolute Gasteiger partial charge is 0.369 e. The highest BCUT2D eigenvalue weighted by atomic mass is 35.5. The summed E-state index contributed by atoms with van der Waals surface area (Å²) in [6, 6.07) is 8.07. The third kappa shape index (κ3) is 1.84. The molecule has 0 saturated heterocycles. The van der Waals surface area contributed by atoms with Gasteiger partial charge in [0.1, 0.15) is 0 Å². The second-order valence-corrected chi connectivity index (χ2v) is 6.34. The molecule has 1 saturated carbocycles. The van der Waals surface area contributed by atoms with Gasteiger partial charge in [-0.1, -0.05) is 43.6 Å². The van der Waals surface area contributed by atoms with E-state index in [0.717, 1.165) is 16.4 Å². The fourth-order valence-electron chi connectivity index (χ4n) is 3.26. The van der Waals surface area contributed by atoms with Crippen LogP contribution in [0.3, 0.4) is 0 Å². The van der Waals surface area contributed by atoms with Crippen LogP contribution in [0.15, 0.2) is 24.3 Å². The summed E-state index contributed by atoms with van der Waals surface area (Å²) in [7, 11) is 0. The van der Waals surface area contributed by atoms with Gasteiger partial charge in [-0.15, -0.1) is 0 Å². The highest BCUT2D eigenvalue weighted by Crippen LogP contribution is 2.70. The number of halogens is 1. The molecular formula is C15H18ClN3. The van der Waals surface area contributed by atoms with E-state index in [2.05, 4.69) is 29.9 Å². The maximum atomic E-state index is 6.33. The van der Waals surface area contributed by atoms with Crippen molar-refractivity contribution in [3.05, 3.63) is 46.2 Å². The summed E-state index contributed by atoms with van der Waals surface area (Å²) in [5, 5.41) is 0.837. The third-order valence-corrected chi connectivity index (χ3v) is 4.65. The molecule has 1 aliphatic carbocycles. The van der Waals surface area contributed by atoms with Crippen molar-refractivity contribution in [3.63, 3.8) is 0 Å². The molecule has 1 aromatic carbocycles. The van der Waals surface area contributed by atoms with E-state index in [9.17, 15) is 0 Å². The van der Waals surface area contributed by atoms with Crippen LogP contribution in [0.5, 0.6) is 0 Å². The van der Waals surface area contributed by atoms with Crippen LogP contribution >= 0.6 is 11.6 Å². The summed E-state index contributed by atoms with van der Waals surface area (Å²) in [4.78, 5) is 7.54. The minimum absolute atomic E-state index is 0.164. The van der Waals surface area contributed by atoms with E-state index in [1.54, 1.807) is 0 Å². The van der Waals surface area contributed by atoms with Gasteiger partial charge >= 0.3 is 0 Å². The number of hydrogen-bond donors (Lipinski definition) is 2. The Balaban J connectivity index is 2.02. The molecule has 2 aromatic rings. The van der Waals surface area contributed by atoms with Crippen molar-refractivity contribution >= 4 is 17.5 Å². The number of nitrogens with one attached hydrogen (secondary N) is 1. The minimum Gasteiger partial charge on any atom is -0.369 e. The monoisotopic (exact) mass is 275 g/mol. The van der Waals surface area contributed by atoms with Crippen molar-refractivity contribution in [2.24, 2.45) is 5.41 Å². The van der Waals surface area contributed by atoms with Crippen LogP contribution in [0.25, 0.3) is 0 Å². The Labute approximate surface area is 118 Å². The van der Waals surface area contributed by atoms with Crippen LogP contribution in [-0.2, 0) is 0 Å². The van der Waals surface area contributed by atoms with Gasteiger partial charge in [-0.3, -0.25) is 0 Å². The van der Waals surface area contributed by atoms with Gasteiger partial charge in [0.25, 0.3) is 0 Å². The Morgan fingerprint density at radius 3 is 2.53 bits per heavy atom. The smallest absolute Gasteiger partial charge is 0.197 e. The van der Waals surface area contributed by atoms with E-state index < -0.39 is 0 Å². The molecule has 3 N–H and O–H groups in total. The zero-order valence-electron chi connectivity index (χ0n) is 11.4. The van der Waals surface area contributed by atoms with Crippen LogP contribution in [0.2, 0.25) is 5.02 Å². The van der Waals surface area contributed by atoms with E-state index in [-0.39, 0.29) is 5.41 Å². The quantitative estimate of drug-likeness (QED) is 0.874. The lowest BCUT2D eigenvalue weighted by molar-refractivity contribution is 0.598. The number of aromatic nitrogens is 2. The fraction of sp³-hybridized carbons (Fsp3) is 0.400. The molecule has 19 heavy (non-hydrogen) atoms. The highest BCUT2D eigenvalue weighted by molar-refractivity contribution is 6.31. The first-order valence-corrected chi connectivity index (χ1v) is 6.87. The summed E-state index contributed by atoms with van der Waals surface area (Å²) < 4.78 is 0. The molecule has 3 rings (SSSR count). The Kier molecular flexibility index (Phi) is 2.65. The van der Waals surface area contributed by atoms with Gasteiger partial charge in [-0.2, -0.15) is 0 Å². The molecule has 0 unspecified atom stereocenters. The van der Waals surface area contributed by atoms with E-state index in [1.165, 1.54) is 5.56 Å². The average molecular weight is 276 g/mol. The molecule has 1 aliphatic rings. The lowest BCUT2D eigenvalue weighted by Gasteiger charge is -2.04. The number of nitrogens with zero attached hydrogens (tertiary/aromatic N) is 1. The molecule has 0 aliphatic heterocycles. The van der Waals surface area contributed by atoms with Crippen molar-refractivity contribution in [2.45, 2.75) is 32.6 Å². The first-order chi connectivity index (χ1) is 8.93. The number of nitrogens with two attached hydrogens (primary N) is 1. The maximum absolute atomic E-state index is 6.33. The van der Waals surface area contributed by atoms with Crippen molar-refractivity contribution in [1.29, 1.82) is 0 Å². The van der Waals surface area contributed by atoms with Gasteiger partial charge in [0, 0.05) is 22.6 Å². The zero-order valence-corrected chi connectivity index (χ0v) is 12.1. The molecule has 2 atom stereocenters. The molecule has 4 heteroatoms. The Hall–Kier alpha value is -1.48. The maximum Gasteiger partial charge on any atom is 0.197 e. The molecule has 1 fully saturated rings. The van der Waals surface area contributed by atoms with Gasteiger partial charge in [0.15, 0.2) is 5.95 Å². The minimum atomic E-state index is 0.164. The van der Waals surface area contributed by atoms with Gasteiger partial charge in [-0.05, 0) is 24.0 Å². The number of benzene rings is 1. The number of rotatable bonds is 2. The van der Waals surface area contributed by atoms with Crippen LogP contribution in [0.1, 0.15) is 42.6 Å². The van der Waals surface area contributed by atoms with Crippen molar-refractivity contribution in [1.82, 2.24) is 9.97 Å². The molecular weight excluding hydrogens is 258 g/mol. The molecule has 0 radical (unpaired) electrons. The first kappa shape index (κ1) is 12.5. The van der Waals surface area contributed by atoms with E-state index >= 15 is 0 Å². The Morgan fingerprint density at radius 2 is 1.95 bits per heavy atom. The van der Waals surface area contributed by atoms with Crippen LogP contribution < -0.4 is 5.73 Å². The number of hydrogen-bond acceptors (Lipinski definition) is 2. The Bertz CT molecular complexity index is 630. The van der Waals surface area contributed by atoms with E-state index in [1.807, 2.05) is 25.1 Å². The molecule has 1 aromatic heterocycles. The molecule has 0 amide bonds. The predicted molar refractivity (Wildman–Crippen MR) is 78.5 cm³/mol. The lowest BCUT2D eigenvalue weighted by Crippen LogP contribution is -1.92. The summed E-state index contributed by atoms with van der Waals surface area (Å²) >= 11 is 6.33. The van der Waals surface area contributed by atoms with E-state index in [4.69, 9.17) is 17.3 Å². The Morgan fingerprint density at radius 1 is 1.26 bits per heavy atom. The molecule has 1 heterocycles. The standard InChI is InChI=1S/C15H18ClN3/c1-8-13(19-14(17)18-8)12-11(15(12,2)3)9-6-4-5-7-10(9)16/h4-7,11-12H,1-3H3,(H3,17,18,19)/t11-,12+/m1/s1. The number of aryl methyl sites for hydroxylation is 1. The van der Waals surface area contributed by atoms with Crippen LogP contribution in [-0.4, -0.2) is 9.97 Å². The van der Waals surface area contributed by atoms with Crippen LogP contribution in [0.4, 0.5) is 5.95 Å². The fourth-order valence-corrected chi connectivity index (χ4v) is 3.51. The molecule has 3 nitrogen and oxygen atoms in total. The zero-order chi connectivity index (χ0) is 13.8. The summed E-state index contributed by atoms with van der Waals surface area (Å²) in [6.45, 7) is 6.54. The van der Waals surface area contributed by atoms with E-state index in [0.29, 0.717) is 17.8 Å². The number of imidazole rings is 1. The van der Waals surface area contributed by atoms with Crippen LogP contribution in [0, 0.1) is 12.3 Å². The summed E-state index contributed by atoms with van der Waals surface area (Å²) in [5.41, 5.74) is 9.26. The number of anilines is 1. The SMILES string of the molecule is Cc1[nH]c(N)nc1[C@@H]1[C@@H](c2ccccc2Cl)C1(C)C. The molecule has 0 bridgehead atoms. The summed E-state index contributed by atoms with van der Waals surface area (Å²) in [5.74, 6) is 1.27. The highest BCUT2D eigenvalue weighted by Gasteiger charge is 2.60. The topological polar surface area (TPSA) is 54.7 Å². The van der Waals surface area contributed by atoms with Gasteiger partial charge in [0.05, 0.1) is 5.69 Å². The summed E-state index contributed by atoms with van der Waals surface area (Å²) in [6.07, 6.45) is 0. The van der Waals surface area contributed by atoms with Crippen molar-refractivity contribution in [2.75, 3.05) is 5.73 Å². The lowest BCUT2D eigenvalue weighted by atomic mass is 10.0. The second kappa shape index (κ2) is 4.01. The van der Waals surface area contributed by atoms with Crippen molar-refractivity contribution < 1.29 is 0 Å². The van der Waals surface area contributed by atoms with Gasteiger partial charge in [-0.25, -0.2) is 4.98 Å². The molecule has 0 spiro atoms. The first-order valence-electron chi connectivity index (χ1n) is 6.49. The van der Waals surface area contributed by atoms with Gasteiger partial charge < -0.3 is 10.7 Å². The molecule has 100 valence electrons. The second-order valence-electron chi connectivity index (χ2n) is 5.93. The third-order valence-electron chi connectivity index (χ3n) is 4.30. The normalized spacial score (nSPS) is 24.4.